The molecule has 2 aromatic carbocycles. The summed E-state index contributed by atoms with van der Waals surface area (Å²) in [6, 6.07) is 15.5. The van der Waals surface area contributed by atoms with Crippen LogP contribution in [0, 0.1) is 6.92 Å². The smallest absolute Gasteiger partial charge is 0.181 e. The zero-order chi connectivity index (χ0) is 16.8. The Morgan fingerprint density at radius 3 is 2.79 bits per heavy atom. The molecule has 0 radical (unpaired) electrons. The van der Waals surface area contributed by atoms with Crippen molar-refractivity contribution in [1.82, 2.24) is 4.98 Å². The van der Waals surface area contributed by atoms with E-state index in [0.717, 1.165) is 34.5 Å². The minimum absolute atomic E-state index is 0.270. The van der Waals surface area contributed by atoms with E-state index in [9.17, 15) is 4.79 Å². The number of nitrogens with zero attached hydrogens (tertiary/aromatic N) is 1. The molecule has 0 spiro atoms. The molecule has 0 aliphatic heterocycles. The molecule has 0 unspecified atom stereocenters. The first-order chi connectivity index (χ1) is 11.8. The van der Waals surface area contributed by atoms with Gasteiger partial charge in [0.1, 0.15) is 24.3 Å². The summed E-state index contributed by atoms with van der Waals surface area (Å²) in [7, 11) is 0. The third kappa shape index (κ3) is 3.46. The number of carbonyl (C=O) groups excluding carboxylic acids is 1. The number of anilines is 1. The minimum atomic E-state index is 0.270. The Labute approximate surface area is 140 Å². The van der Waals surface area contributed by atoms with Crippen LogP contribution in [0.5, 0.6) is 5.75 Å². The lowest BCUT2D eigenvalue weighted by atomic mass is 10.1. The molecule has 1 heterocycles. The highest BCUT2D eigenvalue weighted by atomic mass is 16.5. The number of hydrogen-bond donors (Lipinski definition) is 1. The number of nitrogens with one attached hydrogen (secondary N) is 1. The Hall–Kier alpha value is -3.08. The zero-order valence-corrected chi connectivity index (χ0v) is 13.4. The second-order valence-corrected chi connectivity index (χ2v) is 5.26. The first-order valence-corrected chi connectivity index (χ1v) is 7.67. The van der Waals surface area contributed by atoms with Crippen LogP contribution in [0.15, 0.2) is 59.3 Å². The Morgan fingerprint density at radius 2 is 2.00 bits per heavy atom. The number of benzene rings is 2. The summed E-state index contributed by atoms with van der Waals surface area (Å²) in [5.74, 6) is 1.45. The largest absolute Gasteiger partial charge is 0.487 e. The second-order valence-electron chi connectivity index (χ2n) is 5.26. The first-order valence-electron chi connectivity index (χ1n) is 7.67. The summed E-state index contributed by atoms with van der Waals surface area (Å²) < 4.78 is 11.4. The second kappa shape index (κ2) is 7.46. The van der Waals surface area contributed by atoms with Crippen molar-refractivity contribution in [3.05, 3.63) is 66.2 Å². The van der Waals surface area contributed by atoms with Crippen molar-refractivity contribution in [3.8, 4) is 17.1 Å². The molecule has 122 valence electrons. The minimum Gasteiger partial charge on any atom is -0.487 e. The SMILES string of the molecule is Cc1c(NCC=O)cccc1OCc1ncoc1-c1ccccc1. The number of hydrogen-bond acceptors (Lipinski definition) is 5. The number of aldehydes is 1. The van der Waals surface area contributed by atoms with Crippen molar-refractivity contribution in [1.29, 1.82) is 0 Å². The number of ether oxygens (including phenoxy) is 1. The number of aromatic nitrogens is 1. The Balaban J connectivity index is 1.76. The van der Waals surface area contributed by atoms with Gasteiger partial charge >= 0.3 is 0 Å². The predicted octanol–water partition coefficient (Wildman–Crippen LogP) is 3.84. The third-order valence-electron chi connectivity index (χ3n) is 3.70. The fourth-order valence-corrected chi connectivity index (χ4v) is 2.46. The molecular formula is C19H18N2O3. The fraction of sp³-hybridized carbons (Fsp3) is 0.158. The van der Waals surface area contributed by atoms with Gasteiger partial charge in [-0.1, -0.05) is 36.4 Å². The number of oxazole rings is 1. The van der Waals surface area contributed by atoms with Crippen LogP contribution in [0.1, 0.15) is 11.3 Å². The molecule has 0 fully saturated rings. The highest BCUT2D eigenvalue weighted by Crippen LogP contribution is 2.28. The molecule has 0 bridgehead atoms. The quantitative estimate of drug-likeness (QED) is 0.670. The van der Waals surface area contributed by atoms with Gasteiger partial charge in [-0.25, -0.2) is 4.98 Å². The molecule has 5 nitrogen and oxygen atoms in total. The molecule has 0 amide bonds. The van der Waals surface area contributed by atoms with E-state index in [-0.39, 0.29) is 6.54 Å². The molecule has 5 heteroatoms. The molecule has 0 saturated heterocycles. The standard InChI is InChI=1S/C19H18N2O3/c1-14-16(20-10-11-22)8-5-9-18(14)23-12-17-19(24-13-21-17)15-6-3-2-4-7-15/h2-9,11,13,20H,10,12H2,1H3. The summed E-state index contributed by atoms with van der Waals surface area (Å²) in [5, 5.41) is 3.05. The van der Waals surface area contributed by atoms with Gasteiger partial charge in [-0.2, -0.15) is 0 Å². The van der Waals surface area contributed by atoms with Gasteiger partial charge in [-0.3, -0.25) is 0 Å². The normalized spacial score (nSPS) is 10.4. The van der Waals surface area contributed by atoms with Gasteiger partial charge in [0.05, 0.1) is 6.54 Å². The van der Waals surface area contributed by atoms with Gasteiger partial charge in [-0.05, 0) is 19.1 Å². The lowest BCUT2D eigenvalue weighted by Gasteiger charge is -2.13. The van der Waals surface area contributed by atoms with Gasteiger partial charge in [0.15, 0.2) is 12.2 Å². The Kier molecular flexibility index (Phi) is 4.91. The highest BCUT2D eigenvalue weighted by Gasteiger charge is 2.12. The van der Waals surface area contributed by atoms with E-state index in [0.29, 0.717) is 12.4 Å². The number of carbonyl (C=O) groups is 1. The van der Waals surface area contributed by atoms with Crippen LogP contribution < -0.4 is 10.1 Å². The molecule has 1 N–H and O–H groups in total. The lowest BCUT2D eigenvalue weighted by molar-refractivity contribution is -0.106. The van der Waals surface area contributed by atoms with Gasteiger partial charge in [0.2, 0.25) is 0 Å². The summed E-state index contributed by atoms with van der Waals surface area (Å²) >= 11 is 0. The highest BCUT2D eigenvalue weighted by molar-refractivity contribution is 5.63. The van der Waals surface area contributed by atoms with Crippen LogP contribution in [0.3, 0.4) is 0 Å². The average Bonchev–Trinajstić information content (AvgIpc) is 3.09. The van der Waals surface area contributed by atoms with E-state index in [1.165, 1.54) is 6.39 Å². The van der Waals surface area contributed by atoms with Crippen LogP contribution in [-0.4, -0.2) is 17.8 Å². The third-order valence-corrected chi connectivity index (χ3v) is 3.70. The molecule has 3 rings (SSSR count). The van der Waals surface area contributed by atoms with Crippen LogP contribution in [-0.2, 0) is 11.4 Å². The average molecular weight is 322 g/mol. The van der Waals surface area contributed by atoms with E-state index in [2.05, 4.69) is 10.3 Å². The molecule has 0 aliphatic rings. The summed E-state index contributed by atoms with van der Waals surface area (Å²) in [6.07, 6.45) is 2.25. The van der Waals surface area contributed by atoms with Crippen molar-refractivity contribution in [2.75, 3.05) is 11.9 Å². The topological polar surface area (TPSA) is 64.4 Å². The summed E-state index contributed by atoms with van der Waals surface area (Å²) in [4.78, 5) is 14.8. The van der Waals surface area contributed by atoms with Crippen molar-refractivity contribution in [2.24, 2.45) is 0 Å². The van der Waals surface area contributed by atoms with Crippen LogP contribution in [0.2, 0.25) is 0 Å². The lowest BCUT2D eigenvalue weighted by Crippen LogP contribution is -2.05. The Morgan fingerprint density at radius 1 is 1.17 bits per heavy atom. The van der Waals surface area contributed by atoms with Gasteiger partial charge < -0.3 is 19.3 Å². The van der Waals surface area contributed by atoms with Gasteiger partial charge in [0, 0.05) is 16.8 Å². The van der Waals surface area contributed by atoms with Gasteiger partial charge in [0.25, 0.3) is 0 Å². The maximum absolute atomic E-state index is 10.5. The van der Waals surface area contributed by atoms with Crippen molar-refractivity contribution in [2.45, 2.75) is 13.5 Å². The molecule has 0 saturated carbocycles. The predicted molar refractivity (Wildman–Crippen MR) is 92.0 cm³/mol. The van der Waals surface area contributed by atoms with Crippen LogP contribution in [0.4, 0.5) is 5.69 Å². The fourth-order valence-electron chi connectivity index (χ4n) is 2.46. The van der Waals surface area contributed by atoms with E-state index in [4.69, 9.17) is 9.15 Å². The maximum atomic E-state index is 10.5. The van der Waals surface area contributed by atoms with E-state index < -0.39 is 0 Å². The van der Waals surface area contributed by atoms with E-state index in [1.54, 1.807) is 0 Å². The summed E-state index contributed by atoms with van der Waals surface area (Å²) in [6.45, 7) is 2.52. The Bertz CT molecular complexity index is 812. The molecule has 0 aliphatic carbocycles. The molecule has 3 aromatic rings. The zero-order valence-electron chi connectivity index (χ0n) is 13.4. The van der Waals surface area contributed by atoms with Crippen molar-refractivity contribution >= 4 is 12.0 Å². The monoisotopic (exact) mass is 322 g/mol. The van der Waals surface area contributed by atoms with Crippen LogP contribution >= 0.6 is 0 Å². The van der Waals surface area contributed by atoms with Crippen molar-refractivity contribution < 1.29 is 13.9 Å². The maximum Gasteiger partial charge on any atom is 0.181 e. The summed E-state index contributed by atoms with van der Waals surface area (Å²) in [5.41, 5.74) is 3.53. The van der Waals surface area contributed by atoms with Crippen molar-refractivity contribution in [3.63, 3.8) is 0 Å². The molecule has 1 aromatic heterocycles. The van der Waals surface area contributed by atoms with Gasteiger partial charge in [-0.15, -0.1) is 0 Å². The molecule has 0 atom stereocenters. The van der Waals surface area contributed by atoms with Crippen LogP contribution in [0.25, 0.3) is 11.3 Å². The van der Waals surface area contributed by atoms with E-state index in [1.807, 2.05) is 55.5 Å². The number of rotatable bonds is 7. The molecule has 24 heavy (non-hydrogen) atoms. The van der Waals surface area contributed by atoms with E-state index >= 15 is 0 Å². The molecular weight excluding hydrogens is 304 g/mol. The first kappa shape index (κ1) is 15.8.